The van der Waals surface area contributed by atoms with Gasteiger partial charge in [0.2, 0.25) is 11.8 Å². The lowest BCUT2D eigenvalue weighted by Gasteiger charge is -2.25. The maximum atomic E-state index is 11.9. The third-order valence-corrected chi connectivity index (χ3v) is 5.78. The summed E-state index contributed by atoms with van der Waals surface area (Å²) in [5.74, 6) is 0.809. The first-order chi connectivity index (χ1) is 15.6. The van der Waals surface area contributed by atoms with Gasteiger partial charge >= 0.3 is 0 Å². The number of imide groups is 1. The van der Waals surface area contributed by atoms with Crippen LogP contribution < -0.4 is 0 Å². The van der Waals surface area contributed by atoms with Crippen LogP contribution in [0.15, 0.2) is 67.2 Å². The van der Waals surface area contributed by atoms with Crippen LogP contribution >= 0.6 is 0 Å². The van der Waals surface area contributed by atoms with Crippen molar-refractivity contribution in [3.05, 3.63) is 72.8 Å². The van der Waals surface area contributed by atoms with Crippen molar-refractivity contribution in [2.24, 2.45) is 0 Å². The second-order valence-corrected chi connectivity index (χ2v) is 8.05. The van der Waals surface area contributed by atoms with Crippen LogP contribution in [0.3, 0.4) is 0 Å². The summed E-state index contributed by atoms with van der Waals surface area (Å²) in [7, 11) is 0. The third kappa shape index (κ3) is 5.02. The number of unbranched alkanes of at least 4 members (excludes halogenated alkanes) is 2. The summed E-state index contributed by atoms with van der Waals surface area (Å²) < 4.78 is 5.79. The van der Waals surface area contributed by atoms with Crippen LogP contribution in [0.5, 0.6) is 5.75 Å². The Morgan fingerprint density at radius 2 is 1.62 bits per heavy atom. The first-order valence-electron chi connectivity index (χ1n) is 11.2. The summed E-state index contributed by atoms with van der Waals surface area (Å²) in [6.45, 7) is 1.31. The number of ether oxygens (including phenoxy) is 1. The molecule has 166 valence electrons. The molecule has 0 aliphatic carbocycles. The summed E-state index contributed by atoms with van der Waals surface area (Å²) in [6.07, 6.45) is 9.78. The molecule has 0 saturated carbocycles. The highest BCUT2D eigenvalue weighted by atomic mass is 16.5. The third-order valence-electron chi connectivity index (χ3n) is 5.78. The van der Waals surface area contributed by atoms with E-state index in [1.807, 2.05) is 54.9 Å². The molecule has 2 aromatic carbocycles. The Labute approximate surface area is 188 Å². The van der Waals surface area contributed by atoms with Crippen LogP contribution in [0, 0.1) is 0 Å². The molecule has 0 aromatic heterocycles. The molecule has 0 unspecified atom stereocenters. The number of nitrogens with zero attached hydrogens (tertiary/aromatic N) is 2. The molecule has 2 aliphatic heterocycles. The summed E-state index contributed by atoms with van der Waals surface area (Å²) in [5.41, 5.74) is 2.49. The van der Waals surface area contributed by atoms with Crippen LogP contribution in [0.4, 0.5) is 0 Å². The molecule has 1 saturated heterocycles. The number of amides is 2. The van der Waals surface area contributed by atoms with Crippen LogP contribution in [0.25, 0.3) is 16.9 Å². The van der Waals surface area contributed by atoms with Gasteiger partial charge in [-0.3, -0.25) is 14.5 Å². The van der Waals surface area contributed by atoms with E-state index in [-0.39, 0.29) is 17.6 Å². The number of phenolic OH excluding ortho intramolecular Hbond substituents is 1. The normalized spacial score (nSPS) is 16.2. The largest absolute Gasteiger partial charge is 0.507 e. The highest BCUT2D eigenvalue weighted by molar-refractivity contribution is 5.97. The quantitative estimate of drug-likeness (QED) is 0.476. The van der Waals surface area contributed by atoms with Gasteiger partial charge in [0.1, 0.15) is 12.0 Å². The standard InChI is InChI=1S/C26H28N2O4/c29-22-12-7-11-21(26(22)20-9-3-1-4-10-20)23-19-27(17-18-32-23)15-5-2-6-16-28-24(30)13-8-14-25(28)31/h1,3-4,7,9-12,17-19,29H,2,5-6,8,13-16H2. The van der Waals surface area contributed by atoms with Crippen LogP contribution in [0.2, 0.25) is 0 Å². The van der Waals surface area contributed by atoms with Gasteiger partial charge in [-0.15, -0.1) is 0 Å². The minimum atomic E-state index is -0.0368. The molecule has 1 N–H and O–H groups in total. The summed E-state index contributed by atoms with van der Waals surface area (Å²) in [6, 6.07) is 15.2. The van der Waals surface area contributed by atoms with E-state index in [0.29, 0.717) is 31.6 Å². The molecule has 32 heavy (non-hydrogen) atoms. The predicted octanol–water partition coefficient (Wildman–Crippen LogP) is 4.87. The number of carbonyl (C=O) groups is 2. The fourth-order valence-corrected chi connectivity index (χ4v) is 4.12. The van der Waals surface area contributed by atoms with Crippen molar-refractivity contribution in [3.63, 3.8) is 0 Å². The molecule has 6 heteroatoms. The van der Waals surface area contributed by atoms with E-state index in [1.165, 1.54) is 4.90 Å². The van der Waals surface area contributed by atoms with Crippen LogP contribution in [0.1, 0.15) is 44.1 Å². The zero-order valence-electron chi connectivity index (χ0n) is 18.1. The molecule has 0 radical (unpaired) electrons. The second kappa shape index (κ2) is 10.2. The van der Waals surface area contributed by atoms with Gasteiger partial charge in [0, 0.05) is 49.5 Å². The molecule has 4 rings (SSSR count). The van der Waals surface area contributed by atoms with E-state index in [1.54, 1.807) is 12.3 Å². The topological polar surface area (TPSA) is 70.1 Å². The molecular formula is C26H28N2O4. The summed E-state index contributed by atoms with van der Waals surface area (Å²) in [4.78, 5) is 27.3. The molecular weight excluding hydrogens is 404 g/mol. The molecule has 0 spiro atoms. The van der Waals surface area contributed by atoms with Gasteiger partial charge in [-0.25, -0.2) is 0 Å². The number of rotatable bonds is 8. The van der Waals surface area contributed by atoms with Crippen molar-refractivity contribution in [1.29, 1.82) is 0 Å². The predicted molar refractivity (Wildman–Crippen MR) is 123 cm³/mol. The molecule has 1 fully saturated rings. The number of hydrogen-bond acceptors (Lipinski definition) is 5. The van der Waals surface area contributed by atoms with E-state index in [0.717, 1.165) is 42.5 Å². The number of aromatic hydroxyl groups is 1. The van der Waals surface area contributed by atoms with Gasteiger partial charge in [-0.05, 0) is 37.3 Å². The zero-order chi connectivity index (χ0) is 22.3. The van der Waals surface area contributed by atoms with Crippen molar-refractivity contribution in [3.8, 4) is 16.9 Å². The average molecular weight is 433 g/mol. The Morgan fingerprint density at radius 1 is 0.875 bits per heavy atom. The zero-order valence-corrected chi connectivity index (χ0v) is 18.1. The SMILES string of the molecule is O=C1CCCC(=O)N1CCCCCN1C=COC(c2cccc(O)c2-c2ccccc2)=C1. The maximum Gasteiger partial charge on any atom is 0.229 e. The fraction of sp³-hybridized carbons (Fsp3) is 0.308. The highest BCUT2D eigenvalue weighted by Gasteiger charge is 2.25. The molecule has 0 atom stereocenters. The number of hydrogen-bond donors (Lipinski definition) is 1. The second-order valence-electron chi connectivity index (χ2n) is 8.05. The smallest absolute Gasteiger partial charge is 0.229 e. The number of likely N-dealkylation sites (tertiary alicyclic amines) is 1. The highest BCUT2D eigenvalue weighted by Crippen LogP contribution is 2.37. The molecule has 2 aliphatic rings. The maximum absolute atomic E-state index is 11.9. The minimum Gasteiger partial charge on any atom is -0.507 e. The van der Waals surface area contributed by atoms with Crippen LogP contribution in [-0.4, -0.2) is 39.8 Å². The minimum absolute atomic E-state index is 0.0368. The summed E-state index contributed by atoms with van der Waals surface area (Å²) >= 11 is 0. The van der Waals surface area contributed by atoms with Crippen molar-refractivity contribution in [2.45, 2.75) is 38.5 Å². The monoisotopic (exact) mass is 432 g/mol. The molecule has 2 heterocycles. The lowest BCUT2D eigenvalue weighted by molar-refractivity contribution is -0.148. The van der Waals surface area contributed by atoms with E-state index >= 15 is 0 Å². The Kier molecular flexibility index (Phi) is 6.90. The van der Waals surface area contributed by atoms with Crippen molar-refractivity contribution >= 4 is 17.6 Å². The number of carbonyl (C=O) groups excluding carboxylic acids is 2. The van der Waals surface area contributed by atoms with Crippen molar-refractivity contribution < 1.29 is 19.4 Å². The van der Waals surface area contributed by atoms with Gasteiger partial charge in [0.15, 0.2) is 5.76 Å². The Balaban J connectivity index is 1.36. The lowest BCUT2D eigenvalue weighted by Crippen LogP contribution is -2.40. The summed E-state index contributed by atoms with van der Waals surface area (Å²) in [5, 5.41) is 10.5. The lowest BCUT2D eigenvalue weighted by atomic mass is 9.97. The molecule has 6 nitrogen and oxygen atoms in total. The number of piperidine rings is 1. The van der Waals surface area contributed by atoms with Gasteiger partial charge < -0.3 is 14.7 Å². The van der Waals surface area contributed by atoms with Gasteiger partial charge in [0.05, 0.1) is 0 Å². The molecule has 0 bridgehead atoms. The van der Waals surface area contributed by atoms with E-state index in [2.05, 4.69) is 4.90 Å². The number of phenols is 1. The van der Waals surface area contributed by atoms with Gasteiger partial charge in [0.25, 0.3) is 0 Å². The van der Waals surface area contributed by atoms with Crippen LogP contribution in [-0.2, 0) is 14.3 Å². The average Bonchev–Trinajstić information content (AvgIpc) is 2.81. The first kappa shape index (κ1) is 21.7. The molecule has 2 amide bonds. The fourth-order valence-electron chi connectivity index (χ4n) is 4.12. The van der Waals surface area contributed by atoms with E-state index < -0.39 is 0 Å². The Morgan fingerprint density at radius 3 is 2.41 bits per heavy atom. The Hall–Kier alpha value is -3.54. The van der Waals surface area contributed by atoms with Crippen molar-refractivity contribution in [2.75, 3.05) is 13.1 Å². The Bertz CT molecular complexity index is 1010. The molecule has 2 aromatic rings. The van der Waals surface area contributed by atoms with E-state index in [9.17, 15) is 14.7 Å². The number of benzene rings is 2. The first-order valence-corrected chi connectivity index (χ1v) is 11.2. The van der Waals surface area contributed by atoms with Gasteiger partial charge in [-0.1, -0.05) is 42.5 Å². The van der Waals surface area contributed by atoms with Crippen molar-refractivity contribution in [1.82, 2.24) is 9.80 Å². The van der Waals surface area contributed by atoms with Gasteiger partial charge in [-0.2, -0.15) is 0 Å². The van der Waals surface area contributed by atoms with E-state index in [4.69, 9.17) is 4.74 Å².